The van der Waals surface area contributed by atoms with Crippen LogP contribution in [-0.2, 0) is 21.1 Å². The summed E-state index contributed by atoms with van der Waals surface area (Å²) in [7, 11) is 0.205. The van der Waals surface area contributed by atoms with Crippen LogP contribution in [0, 0.1) is 6.92 Å². The quantitative estimate of drug-likeness (QED) is 0.441. The number of thiazole rings is 1. The van der Waals surface area contributed by atoms with Crippen LogP contribution in [0.3, 0.4) is 0 Å². The Hall–Kier alpha value is -2.00. The van der Waals surface area contributed by atoms with Crippen molar-refractivity contribution in [3.05, 3.63) is 53.6 Å². The molecule has 0 fully saturated rings. The van der Waals surface area contributed by atoms with Crippen LogP contribution in [-0.4, -0.2) is 57.1 Å². The lowest BCUT2D eigenvalue weighted by molar-refractivity contribution is -0.116. The molecule has 0 spiro atoms. The van der Waals surface area contributed by atoms with Gasteiger partial charge in [0.05, 0.1) is 15.1 Å². The van der Waals surface area contributed by atoms with Crippen LogP contribution >= 0.6 is 23.7 Å². The van der Waals surface area contributed by atoms with Gasteiger partial charge in [-0.15, -0.1) is 12.4 Å². The third kappa shape index (κ3) is 6.28. The Morgan fingerprint density at radius 2 is 1.75 bits per heavy atom. The van der Waals surface area contributed by atoms with Crippen molar-refractivity contribution in [2.75, 3.05) is 37.8 Å². The van der Waals surface area contributed by atoms with Gasteiger partial charge in [0.2, 0.25) is 5.91 Å². The average Bonchev–Trinajstić information content (AvgIpc) is 3.14. The molecule has 174 valence electrons. The van der Waals surface area contributed by atoms with E-state index in [0.29, 0.717) is 11.7 Å². The van der Waals surface area contributed by atoms with Gasteiger partial charge in [0, 0.05) is 6.54 Å². The van der Waals surface area contributed by atoms with E-state index in [4.69, 9.17) is 4.98 Å². The summed E-state index contributed by atoms with van der Waals surface area (Å²) >= 11 is 1.43. The number of sulfone groups is 1. The van der Waals surface area contributed by atoms with E-state index in [1.807, 2.05) is 44.1 Å². The number of rotatable bonds is 9. The number of para-hydroxylation sites is 1. The zero-order chi connectivity index (χ0) is 22.6. The van der Waals surface area contributed by atoms with Crippen LogP contribution in [0.2, 0.25) is 0 Å². The van der Waals surface area contributed by atoms with Gasteiger partial charge < -0.3 is 4.90 Å². The molecule has 32 heavy (non-hydrogen) atoms. The standard InChI is InChI=1S/C23H29N3O3S2.ClH/c1-5-18-8-6-9-20-22(18)24-23(30-20)26(15-7-14-25(3)4)21(27)16-31(28,29)19-12-10-17(2)11-13-19;/h6,8-13H,5,7,14-16H2,1-4H3;1H. The Morgan fingerprint density at radius 1 is 1.06 bits per heavy atom. The molecular formula is C23H30ClN3O3S2. The predicted octanol–water partition coefficient (Wildman–Crippen LogP) is 4.35. The molecule has 3 rings (SSSR count). The second-order valence-electron chi connectivity index (χ2n) is 7.89. The lowest BCUT2D eigenvalue weighted by Crippen LogP contribution is -2.37. The number of nitrogens with zero attached hydrogens (tertiary/aromatic N) is 3. The molecule has 2 aromatic carbocycles. The summed E-state index contributed by atoms with van der Waals surface area (Å²) < 4.78 is 26.7. The third-order valence-electron chi connectivity index (χ3n) is 5.08. The van der Waals surface area contributed by atoms with Gasteiger partial charge in [-0.3, -0.25) is 9.69 Å². The van der Waals surface area contributed by atoms with E-state index in [0.717, 1.165) is 40.7 Å². The van der Waals surface area contributed by atoms with Crippen LogP contribution in [0.5, 0.6) is 0 Å². The number of carbonyl (C=O) groups excluding carboxylic acids is 1. The molecule has 0 aliphatic carbocycles. The fourth-order valence-corrected chi connectivity index (χ4v) is 5.59. The Labute approximate surface area is 200 Å². The molecule has 6 nitrogen and oxygen atoms in total. The number of amides is 1. The summed E-state index contributed by atoms with van der Waals surface area (Å²) in [6.45, 7) is 5.18. The molecule has 0 radical (unpaired) electrons. The second kappa shape index (κ2) is 11.2. The third-order valence-corrected chi connectivity index (χ3v) is 7.75. The molecular weight excluding hydrogens is 466 g/mol. The van der Waals surface area contributed by atoms with Gasteiger partial charge in [-0.25, -0.2) is 13.4 Å². The van der Waals surface area contributed by atoms with Gasteiger partial charge in [0.1, 0.15) is 5.75 Å². The van der Waals surface area contributed by atoms with Gasteiger partial charge in [-0.1, -0.05) is 48.1 Å². The molecule has 1 aromatic heterocycles. The first-order valence-electron chi connectivity index (χ1n) is 10.3. The molecule has 0 N–H and O–H groups in total. The summed E-state index contributed by atoms with van der Waals surface area (Å²) in [5, 5.41) is 0.554. The van der Waals surface area contributed by atoms with Crippen molar-refractivity contribution in [1.29, 1.82) is 0 Å². The number of hydrogen-bond donors (Lipinski definition) is 0. The van der Waals surface area contributed by atoms with Crippen LogP contribution in [0.25, 0.3) is 10.2 Å². The first-order valence-corrected chi connectivity index (χ1v) is 12.8. The average molecular weight is 496 g/mol. The molecule has 0 saturated carbocycles. The van der Waals surface area contributed by atoms with Crippen molar-refractivity contribution in [3.63, 3.8) is 0 Å². The van der Waals surface area contributed by atoms with Crippen LogP contribution < -0.4 is 4.90 Å². The molecule has 0 saturated heterocycles. The SMILES string of the molecule is CCc1cccc2sc(N(CCCN(C)C)C(=O)CS(=O)(=O)c3ccc(C)cc3)nc12.Cl. The minimum atomic E-state index is -3.74. The van der Waals surface area contributed by atoms with Crippen LogP contribution in [0.4, 0.5) is 5.13 Å². The largest absolute Gasteiger partial charge is 0.309 e. The highest BCUT2D eigenvalue weighted by Crippen LogP contribution is 2.31. The molecule has 0 atom stereocenters. The molecule has 0 aliphatic rings. The normalized spacial score (nSPS) is 11.5. The van der Waals surface area contributed by atoms with Gasteiger partial charge in [-0.2, -0.15) is 0 Å². The Bertz CT molecular complexity index is 1160. The summed E-state index contributed by atoms with van der Waals surface area (Å²) in [6.07, 6.45) is 1.57. The van der Waals surface area contributed by atoms with Gasteiger partial charge in [-0.05, 0) is 64.2 Å². The Balaban J connectivity index is 0.00000363. The minimum Gasteiger partial charge on any atom is -0.309 e. The smallest absolute Gasteiger partial charge is 0.244 e. The highest BCUT2D eigenvalue weighted by molar-refractivity contribution is 7.92. The maximum atomic E-state index is 13.2. The summed E-state index contributed by atoms with van der Waals surface area (Å²) in [4.78, 5) is 21.7. The maximum absolute atomic E-state index is 13.2. The first kappa shape index (κ1) is 26.3. The number of halogens is 1. The Morgan fingerprint density at radius 3 is 2.38 bits per heavy atom. The van der Waals surface area contributed by atoms with E-state index in [2.05, 4.69) is 6.92 Å². The number of hydrogen-bond acceptors (Lipinski definition) is 6. The van der Waals surface area contributed by atoms with E-state index in [-0.39, 0.29) is 17.3 Å². The van der Waals surface area contributed by atoms with Gasteiger partial charge in [0.15, 0.2) is 15.0 Å². The highest BCUT2D eigenvalue weighted by Gasteiger charge is 2.26. The fourth-order valence-electron chi connectivity index (χ4n) is 3.34. The van der Waals surface area contributed by atoms with Crippen LogP contribution in [0.15, 0.2) is 47.4 Å². The van der Waals surface area contributed by atoms with Gasteiger partial charge in [0.25, 0.3) is 0 Å². The summed E-state index contributed by atoms with van der Waals surface area (Å²) in [6, 6.07) is 12.6. The number of benzene rings is 2. The topological polar surface area (TPSA) is 70.6 Å². The van der Waals surface area contributed by atoms with Crippen molar-refractivity contribution >= 4 is 54.8 Å². The molecule has 0 aliphatic heterocycles. The molecule has 9 heteroatoms. The van der Waals surface area contributed by atoms with Crippen molar-refractivity contribution in [3.8, 4) is 0 Å². The zero-order valence-corrected chi connectivity index (χ0v) is 21.3. The van der Waals surface area contributed by atoms with Crippen molar-refractivity contribution in [2.24, 2.45) is 0 Å². The maximum Gasteiger partial charge on any atom is 0.244 e. The van der Waals surface area contributed by atoms with Crippen molar-refractivity contribution in [1.82, 2.24) is 9.88 Å². The minimum absolute atomic E-state index is 0. The number of anilines is 1. The van der Waals surface area contributed by atoms with Crippen LogP contribution in [0.1, 0.15) is 24.5 Å². The second-order valence-corrected chi connectivity index (χ2v) is 10.9. The molecule has 1 heterocycles. The van der Waals surface area contributed by atoms with E-state index in [9.17, 15) is 13.2 Å². The summed E-state index contributed by atoms with van der Waals surface area (Å²) in [5.74, 6) is -1.02. The summed E-state index contributed by atoms with van der Waals surface area (Å²) in [5.41, 5.74) is 2.97. The Kier molecular flexibility index (Phi) is 9.21. The number of carbonyl (C=O) groups is 1. The van der Waals surface area contributed by atoms with E-state index in [1.54, 1.807) is 29.2 Å². The van der Waals surface area contributed by atoms with Crippen molar-refractivity contribution < 1.29 is 13.2 Å². The predicted molar refractivity (Wildman–Crippen MR) is 135 cm³/mol. The van der Waals surface area contributed by atoms with Gasteiger partial charge >= 0.3 is 0 Å². The monoisotopic (exact) mass is 495 g/mol. The number of fused-ring (bicyclic) bond motifs is 1. The number of aryl methyl sites for hydroxylation is 2. The molecule has 0 unspecified atom stereocenters. The molecule has 1 amide bonds. The van der Waals surface area contributed by atoms with E-state index >= 15 is 0 Å². The molecule has 0 bridgehead atoms. The lowest BCUT2D eigenvalue weighted by atomic mass is 10.1. The van der Waals surface area contributed by atoms with E-state index < -0.39 is 21.5 Å². The highest BCUT2D eigenvalue weighted by atomic mass is 35.5. The first-order chi connectivity index (χ1) is 14.7. The molecule has 3 aromatic rings. The van der Waals surface area contributed by atoms with Crippen molar-refractivity contribution in [2.45, 2.75) is 31.6 Å². The van der Waals surface area contributed by atoms with E-state index in [1.165, 1.54) is 11.3 Å². The zero-order valence-electron chi connectivity index (χ0n) is 18.9. The fraction of sp³-hybridized carbons (Fsp3) is 0.391. The lowest BCUT2D eigenvalue weighted by Gasteiger charge is -2.21. The number of aromatic nitrogens is 1.